The minimum Gasteiger partial charge on any atom is -0.492 e. The molecule has 1 aliphatic heterocycles. The highest BCUT2D eigenvalue weighted by molar-refractivity contribution is 7.97. The molecule has 150 valence electrons. The summed E-state index contributed by atoms with van der Waals surface area (Å²) in [4.78, 5) is 13.1. The second kappa shape index (κ2) is 8.32. The molecule has 9 heteroatoms. The van der Waals surface area contributed by atoms with Gasteiger partial charge in [0.1, 0.15) is 5.75 Å². The summed E-state index contributed by atoms with van der Waals surface area (Å²) in [7, 11) is 1.87. The molecule has 5 nitrogen and oxygen atoms in total. The number of rotatable bonds is 5. The van der Waals surface area contributed by atoms with Crippen molar-refractivity contribution in [2.24, 2.45) is 0 Å². The first-order valence-electron chi connectivity index (χ1n) is 8.57. The monoisotopic (exact) mass is 412 g/mol. The highest BCUT2D eigenvalue weighted by atomic mass is 32.2. The topological polar surface area (TPSA) is 53.0 Å². The van der Waals surface area contributed by atoms with Crippen LogP contribution in [0.5, 0.6) is 5.75 Å². The molecule has 0 radical (unpaired) electrons. The average molecular weight is 412 g/mol. The van der Waals surface area contributed by atoms with Crippen molar-refractivity contribution in [3.8, 4) is 5.75 Å². The van der Waals surface area contributed by atoms with Gasteiger partial charge in [-0.05, 0) is 43.3 Å². The molecule has 0 aliphatic carbocycles. The van der Waals surface area contributed by atoms with Gasteiger partial charge in [0.15, 0.2) is 0 Å². The molecule has 0 amide bonds. The van der Waals surface area contributed by atoms with Crippen molar-refractivity contribution in [3.63, 3.8) is 0 Å². The number of para-hydroxylation sites is 1. The lowest BCUT2D eigenvalue weighted by molar-refractivity contribution is -0.139. The lowest BCUT2D eigenvalue weighted by Gasteiger charge is -2.26. The molecule has 1 heterocycles. The smallest absolute Gasteiger partial charge is 0.420 e. The number of hydrogen-bond acceptors (Lipinski definition) is 5. The zero-order valence-electron chi connectivity index (χ0n) is 15.1. The number of hydrogen-bond donors (Lipinski definition) is 1. The maximum atomic E-state index is 13.7. The molecule has 0 spiro atoms. The van der Waals surface area contributed by atoms with Crippen LogP contribution in [0, 0.1) is 0 Å². The van der Waals surface area contributed by atoms with Crippen LogP contribution in [0.25, 0.3) is 0 Å². The second-order valence-electron chi connectivity index (χ2n) is 6.24. The van der Waals surface area contributed by atoms with E-state index in [2.05, 4.69) is 0 Å². The number of ether oxygens (including phenoxy) is 1. The number of alkyl halides is 3. The number of benzene rings is 2. The largest absolute Gasteiger partial charge is 0.492 e. The third-order valence-corrected chi connectivity index (χ3v) is 5.21. The van der Waals surface area contributed by atoms with Gasteiger partial charge in [-0.3, -0.25) is 4.79 Å². The lowest BCUT2D eigenvalue weighted by atomic mass is 10.1. The fraction of sp³-hybridized carbons (Fsp3) is 0.316. The van der Waals surface area contributed by atoms with Gasteiger partial charge in [0.05, 0.1) is 29.2 Å². The summed E-state index contributed by atoms with van der Waals surface area (Å²) in [5, 5.41) is 8.73. The van der Waals surface area contributed by atoms with Crippen molar-refractivity contribution < 1.29 is 27.8 Å². The number of anilines is 2. The Bertz CT molecular complexity index is 846. The Morgan fingerprint density at radius 1 is 1.21 bits per heavy atom. The maximum Gasteiger partial charge on any atom is 0.420 e. The van der Waals surface area contributed by atoms with Crippen LogP contribution in [0.4, 0.5) is 24.5 Å². The molecular formula is C19H19F3N2O3S. The van der Waals surface area contributed by atoms with Gasteiger partial charge in [0.25, 0.3) is 0 Å². The number of carboxylic acids is 1. The Morgan fingerprint density at radius 3 is 2.57 bits per heavy atom. The summed E-state index contributed by atoms with van der Waals surface area (Å²) < 4.78 is 48.2. The quantitative estimate of drug-likeness (QED) is 0.722. The number of fused-ring (bicyclic) bond motifs is 1. The van der Waals surface area contributed by atoms with E-state index in [1.165, 1.54) is 18.0 Å². The van der Waals surface area contributed by atoms with Crippen LogP contribution >= 0.6 is 11.9 Å². The van der Waals surface area contributed by atoms with Crippen molar-refractivity contribution in [3.05, 3.63) is 48.0 Å². The zero-order valence-corrected chi connectivity index (χ0v) is 15.9. The van der Waals surface area contributed by atoms with Gasteiger partial charge in [-0.25, -0.2) is 4.31 Å². The molecule has 0 unspecified atom stereocenters. The number of carbonyl (C=O) groups is 1. The van der Waals surface area contributed by atoms with Gasteiger partial charge in [0, 0.05) is 18.8 Å². The molecule has 0 aromatic heterocycles. The number of halogens is 3. The van der Waals surface area contributed by atoms with E-state index in [9.17, 15) is 18.0 Å². The van der Waals surface area contributed by atoms with Gasteiger partial charge in [-0.1, -0.05) is 18.2 Å². The molecule has 2 aromatic carbocycles. The standard InChI is InChI=1S/C19H19F3N2O3S/c1-23-8-9-24(13-5-3-2-4-6-13)15-11-14(19(20,21)22)16(12-17(15)28-23)27-10-7-18(25)26/h2-6,11-12H,7-10H2,1H3,(H,25,26). The Labute approximate surface area is 164 Å². The maximum absolute atomic E-state index is 13.7. The molecular weight excluding hydrogens is 393 g/mol. The third kappa shape index (κ3) is 4.71. The molecule has 28 heavy (non-hydrogen) atoms. The molecule has 0 bridgehead atoms. The molecule has 0 saturated heterocycles. The summed E-state index contributed by atoms with van der Waals surface area (Å²) in [5.41, 5.74) is 0.327. The van der Waals surface area contributed by atoms with Crippen LogP contribution in [-0.2, 0) is 11.0 Å². The molecule has 0 saturated carbocycles. The number of carboxylic acid groups (broad SMARTS) is 1. The van der Waals surface area contributed by atoms with Crippen LogP contribution in [-0.4, -0.2) is 42.1 Å². The van der Waals surface area contributed by atoms with Gasteiger partial charge < -0.3 is 14.7 Å². The summed E-state index contributed by atoms with van der Waals surface area (Å²) >= 11 is 1.33. The minimum atomic E-state index is -4.63. The summed E-state index contributed by atoms with van der Waals surface area (Å²) in [6, 6.07) is 11.7. The Balaban J connectivity index is 2.07. The number of nitrogens with zero attached hydrogens (tertiary/aromatic N) is 2. The molecule has 0 atom stereocenters. The minimum absolute atomic E-state index is 0.333. The predicted octanol–water partition coefficient (Wildman–Crippen LogP) is 4.65. The molecule has 2 aromatic rings. The Morgan fingerprint density at radius 2 is 1.93 bits per heavy atom. The SMILES string of the molecule is CN1CCN(c2ccccc2)c2cc(C(F)(F)F)c(OCCC(=O)O)cc2S1. The van der Waals surface area contributed by atoms with Crippen LogP contribution in [0.3, 0.4) is 0 Å². The highest BCUT2D eigenvalue weighted by Gasteiger charge is 2.37. The van der Waals surface area contributed by atoms with E-state index in [0.717, 1.165) is 11.8 Å². The number of aliphatic carboxylic acids is 1. The van der Waals surface area contributed by atoms with E-state index < -0.39 is 17.7 Å². The van der Waals surface area contributed by atoms with Crippen LogP contribution in [0.1, 0.15) is 12.0 Å². The zero-order chi connectivity index (χ0) is 20.3. The second-order valence-corrected chi connectivity index (χ2v) is 7.48. The van der Waals surface area contributed by atoms with Gasteiger partial charge in [-0.2, -0.15) is 13.2 Å². The highest BCUT2D eigenvalue weighted by Crippen LogP contribution is 2.46. The first-order chi connectivity index (χ1) is 13.3. The average Bonchev–Trinajstić information content (AvgIpc) is 2.78. The van der Waals surface area contributed by atoms with E-state index in [4.69, 9.17) is 9.84 Å². The van der Waals surface area contributed by atoms with E-state index in [-0.39, 0.29) is 18.8 Å². The van der Waals surface area contributed by atoms with Crippen LogP contribution in [0.2, 0.25) is 0 Å². The van der Waals surface area contributed by atoms with E-state index in [0.29, 0.717) is 23.7 Å². The number of likely N-dealkylation sites (N-methyl/N-ethyl adjacent to an activating group) is 1. The normalized spacial score (nSPS) is 15.1. The van der Waals surface area contributed by atoms with Crippen LogP contribution < -0.4 is 9.64 Å². The first kappa shape index (κ1) is 20.3. The van der Waals surface area contributed by atoms with E-state index in [1.807, 2.05) is 46.6 Å². The summed E-state index contributed by atoms with van der Waals surface area (Å²) in [5.74, 6) is -1.49. The first-order valence-corrected chi connectivity index (χ1v) is 9.34. The van der Waals surface area contributed by atoms with Gasteiger partial charge >= 0.3 is 12.1 Å². The van der Waals surface area contributed by atoms with Crippen molar-refractivity contribution in [2.75, 3.05) is 31.6 Å². The molecule has 3 rings (SSSR count). The molecule has 0 fully saturated rings. The van der Waals surface area contributed by atoms with Crippen LogP contribution in [0.15, 0.2) is 47.4 Å². The Hall–Kier alpha value is -2.39. The predicted molar refractivity (Wildman–Crippen MR) is 101 cm³/mol. The van der Waals surface area contributed by atoms with Crippen molar-refractivity contribution in [2.45, 2.75) is 17.5 Å². The lowest BCUT2D eigenvalue weighted by Crippen LogP contribution is -2.24. The van der Waals surface area contributed by atoms with Crippen molar-refractivity contribution >= 4 is 29.3 Å². The van der Waals surface area contributed by atoms with Crippen molar-refractivity contribution in [1.29, 1.82) is 0 Å². The summed E-state index contributed by atoms with van der Waals surface area (Å²) in [6.07, 6.45) is -5.00. The van der Waals surface area contributed by atoms with E-state index in [1.54, 1.807) is 0 Å². The fourth-order valence-corrected chi connectivity index (χ4v) is 3.81. The summed E-state index contributed by atoms with van der Waals surface area (Å²) in [6.45, 7) is 0.835. The third-order valence-electron chi connectivity index (χ3n) is 4.19. The molecule has 1 N–H and O–H groups in total. The van der Waals surface area contributed by atoms with Gasteiger partial charge in [-0.15, -0.1) is 0 Å². The fourth-order valence-electron chi connectivity index (χ4n) is 2.87. The van der Waals surface area contributed by atoms with Gasteiger partial charge in [0.2, 0.25) is 0 Å². The van der Waals surface area contributed by atoms with E-state index >= 15 is 0 Å². The Kier molecular flexibility index (Phi) is 6.04. The molecule has 1 aliphatic rings. The van der Waals surface area contributed by atoms with Crippen molar-refractivity contribution in [1.82, 2.24) is 4.31 Å².